The summed E-state index contributed by atoms with van der Waals surface area (Å²) < 4.78 is 15.1. The van der Waals surface area contributed by atoms with Crippen molar-refractivity contribution < 1.29 is 18.7 Å². The maximum Gasteiger partial charge on any atom is 0.246 e. The van der Waals surface area contributed by atoms with Crippen molar-refractivity contribution in [3.8, 4) is 0 Å². The third kappa shape index (κ3) is 6.09. The summed E-state index contributed by atoms with van der Waals surface area (Å²) in [5.41, 5.74) is 0. The molecular formula is C12H19NO4. The molecule has 0 radical (unpaired) electrons. The van der Waals surface area contributed by atoms with Crippen molar-refractivity contribution in [2.24, 2.45) is 0 Å². The van der Waals surface area contributed by atoms with Crippen LogP contribution in [0.2, 0.25) is 0 Å². The highest BCUT2D eigenvalue weighted by Crippen LogP contribution is 2.03. The number of rotatable bonds is 8. The van der Waals surface area contributed by atoms with Crippen molar-refractivity contribution in [3.05, 3.63) is 24.2 Å². The molecule has 0 aliphatic heterocycles. The van der Waals surface area contributed by atoms with Gasteiger partial charge in [-0.05, 0) is 19.1 Å². The number of amides is 1. The summed E-state index contributed by atoms with van der Waals surface area (Å²) in [6.07, 6.45) is 2.30. The second-order valence-electron chi connectivity index (χ2n) is 3.80. The fourth-order valence-corrected chi connectivity index (χ4v) is 1.41. The van der Waals surface area contributed by atoms with E-state index in [4.69, 9.17) is 13.9 Å². The van der Waals surface area contributed by atoms with Gasteiger partial charge in [0.15, 0.2) is 0 Å². The van der Waals surface area contributed by atoms with E-state index in [9.17, 15) is 4.79 Å². The van der Waals surface area contributed by atoms with Crippen molar-refractivity contribution in [1.82, 2.24) is 5.32 Å². The van der Waals surface area contributed by atoms with Crippen LogP contribution in [0.15, 0.2) is 22.8 Å². The molecule has 1 aromatic rings. The first-order valence-electron chi connectivity index (χ1n) is 5.60. The van der Waals surface area contributed by atoms with E-state index in [1.807, 2.05) is 19.1 Å². The van der Waals surface area contributed by atoms with Crippen LogP contribution < -0.4 is 5.32 Å². The molecule has 17 heavy (non-hydrogen) atoms. The highest BCUT2D eigenvalue weighted by atomic mass is 16.5. The van der Waals surface area contributed by atoms with Crippen molar-refractivity contribution in [2.45, 2.75) is 19.4 Å². The molecule has 5 heteroatoms. The van der Waals surface area contributed by atoms with Crippen LogP contribution in [0.3, 0.4) is 0 Å². The predicted molar refractivity (Wildman–Crippen MR) is 62.7 cm³/mol. The fraction of sp³-hybridized carbons (Fsp3) is 0.583. The molecule has 0 saturated carbocycles. The number of furan rings is 1. The van der Waals surface area contributed by atoms with Gasteiger partial charge in [-0.1, -0.05) is 0 Å². The number of hydrogen-bond acceptors (Lipinski definition) is 4. The Balaban J connectivity index is 2.13. The largest absolute Gasteiger partial charge is 0.469 e. The van der Waals surface area contributed by atoms with Crippen LogP contribution in [-0.4, -0.2) is 38.9 Å². The van der Waals surface area contributed by atoms with Crippen molar-refractivity contribution in [2.75, 3.05) is 26.9 Å². The lowest BCUT2D eigenvalue weighted by Gasteiger charge is -2.12. The molecule has 1 rings (SSSR count). The van der Waals surface area contributed by atoms with Gasteiger partial charge < -0.3 is 19.2 Å². The lowest BCUT2D eigenvalue weighted by Crippen LogP contribution is -2.36. The average Bonchev–Trinajstić information content (AvgIpc) is 2.77. The molecule has 1 unspecified atom stereocenters. The average molecular weight is 241 g/mol. The van der Waals surface area contributed by atoms with Gasteiger partial charge >= 0.3 is 0 Å². The zero-order valence-corrected chi connectivity index (χ0v) is 10.3. The van der Waals surface area contributed by atoms with E-state index in [0.29, 0.717) is 19.6 Å². The van der Waals surface area contributed by atoms with Crippen LogP contribution >= 0.6 is 0 Å². The Morgan fingerprint density at radius 3 is 3.00 bits per heavy atom. The Morgan fingerprint density at radius 2 is 2.35 bits per heavy atom. The first-order chi connectivity index (χ1) is 8.22. The Hall–Kier alpha value is -1.33. The van der Waals surface area contributed by atoms with E-state index >= 15 is 0 Å². The molecule has 0 bridgehead atoms. The molecule has 0 aromatic carbocycles. The van der Waals surface area contributed by atoms with E-state index in [2.05, 4.69) is 5.32 Å². The van der Waals surface area contributed by atoms with Crippen LogP contribution in [0, 0.1) is 0 Å². The third-order valence-corrected chi connectivity index (χ3v) is 2.16. The quantitative estimate of drug-likeness (QED) is 0.689. The zero-order chi connectivity index (χ0) is 12.5. The Labute approximate surface area is 101 Å². The van der Waals surface area contributed by atoms with E-state index in [1.165, 1.54) is 0 Å². The van der Waals surface area contributed by atoms with Gasteiger partial charge in [-0.2, -0.15) is 0 Å². The number of ether oxygens (including phenoxy) is 2. The van der Waals surface area contributed by atoms with Gasteiger partial charge in [-0.15, -0.1) is 0 Å². The van der Waals surface area contributed by atoms with Crippen molar-refractivity contribution in [1.29, 1.82) is 0 Å². The summed E-state index contributed by atoms with van der Waals surface area (Å²) in [5, 5.41) is 2.83. The second kappa shape index (κ2) is 7.86. The molecule has 1 atom stereocenters. The van der Waals surface area contributed by atoms with Gasteiger partial charge in [0.1, 0.15) is 12.4 Å². The SMILES string of the molecule is COCCOCC(=O)NC(C)Cc1ccco1. The maximum atomic E-state index is 11.4. The molecule has 0 fully saturated rings. The Kier molecular flexibility index (Phi) is 6.35. The minimum atomic E-state index is -0.125. The summed E-state index contributed by atoms with van der Waals surface area (Å²) in [4.78, 5) is 11.4. The Bertz CT molecular complexity index is 310. The number of hydrogen-bond donors (Lipinski definition) is 1. The summed E-state index contributed by atoms with van der Waals surface area (Å²) in [5.74, 6) is 0.735. The zero-order valence-electron chi connectivity index (χ0n) is 10.3. The number of nitrogens with one attached hydrogen (secondary N) is 1. The van der Waals surface area contributed by atoms with E-state index in [0.717, 1.165) is 5.76 Å². The van der Waals surface area contributed by atoms with Crippen LogP contribution in [0.1, 0.15) is 12.7 Å². The van der Waals surface area contributed by atoms with Crippen LogP contribution in [-0.2, 0) is 20.7 Å². The lowest BCUT2D eigenvalue weighted by molar-refractivity contribution is -0.126. The number of carbonyl (C=O) groups excluding carboxylic acids is 1. The van der Waals surface area contributed by atoms with Crippen LogP contribution in [0.25, 0.3) is 0 Å². The topological polar surface area (TPSA) is 60.7 Å². The van der Waals surface area contributed by atoms with E-state index < -0.39 is 0 Å². The minimum Gasteiger partial charge on any atom is -0.469 e. The first-order valence-corrected chi connectivity index (χ1v) is 5.60. The van der Waals surface area contributed by atoms with Gasteiger partial charge in [0.25, 0.3) is 0 Å². The monoisotopic (exact) mass is 241 g/mol. The van der Waals surface area contributed by atoms with Gasteiger partial charge in [0, 0.05) is 19.6 Å². The first kappa shape index (κ1) is 13.7. The van der Waals surface area contributed by atoms with E-state index in [1.54, 1.807) is 13.4 Å². The third-order valence-electron chi connectivity index (χ3n) is 2.16. The molecule has 1 heterocycles. The summed E-state index contributed by atoms with van der Waals surface area (Å²) in [6, 6.07) is 3.75. The molecule has 0 aliphatic carbocycles. The van der Waals surface area contributed by atoms with Gasteiger partial charge in [0.2, 0.25) is 5.91 Å². The highest BCUT2D eigenvalue weighted by molar-refractivity contribution is 5.77. The van der Waals surface area contributed by atoms with Gasteiger partial charge in [-0.3, -0.25) is 4.79 Å². The molecule has 1 amide bonds. The second-order valence-corrected chi connectivity index (χ2v) is 3.80. The maximum absolute atomic E-state index is 11.4. The minimum absolute atomic E-state index is 0.0275. The molecule has 0 saturated heterocycles. The molecule has 0 spiro atoms. The molecule has 96 valence electrons. The molecule has 1 aromatic heterocycles. The fourth-order valence-electron chi connectivity index (χ4n) is 1.41. The Morgan fingerprint density at radius 1 is 1.53 bits per heavy atom. The smallest absolute Gasteiger partial charge is 0.246 e. The van der Waals surface area contributed by atoms with Crippen molar-refractivity contribution >= 4 is 5.91 Å². The number of carbonyl (C=O) groups is 1. The molecule has 5 nitrogen and oxygen atoms in total. The molecular weight excluding hydrogens is 222 g/mol. The summed E-state index contributed by atoms with van der Waals surface area (Å²) in [7, 11) is 1.59. The standard InChI is InChI=1S/C12H19NO4/c1-10(8-11-4-3-5-17-11)13-12(14)9-16-7-6-15-2/h3-5,10H,6-9H2,1-2H3,(H,13,14). The number of methoxy groups -OCH3 is 1. The van der Waals surface area contributed by atoms with Crippen LogP contribution in [0.4, 0.5) is 0 Å². The summed E-state index contributed by atoms with van der Waals surface area (Å²) >= 11 is 0. The lowest BCUT2D eigenvalue weighted by atomic mass is 10.2. The van der Waals surface area contributed by atoms with Gasteiger partial charge in [-0.25, -0.2) is 0 Å². The van der Waals surface area contributed by atoms with Crippen LogP contribution in [0.5, 0.6) is 0 Å². The predicted octanol–water partition coefficient (Wildman–Crippen LogP) is 0.990. The van der Waals surface area contributed by atoms with Gasteiger partial charge in [0.05, 0.1) is 19.5 Å². The summed E-state index contributed by atoms with van der Waals surface area (Å²) in [6.45, 7) is 2.91. The molecule has 0 aliphatic rings. The highest BCUT2D eigenvalue weighted by Gasteiger charge is 2.09. The van der Waals surface area contributed by atoms with E-state index in [-0.39, 0.29) is 18.6 Å². The molecule has 1 N–H and O–H groups in total. The van der Waals surface area contributed by atoms with Crippen molar-refractivity contribution in [3.63, 3.8) is 0 Å². The normalized spacial score (nSPS) is 12.4.